The summed E-state index contributed by atoms with van der Waals surface area (Å²) in [5, 5.41) is 4.55. The fraction of sp³-hybridized carbons (Fsp3) is 0.222. The van der Waals surface area contributed by atoms with Gasteiger partial charge in [-0.05, 0) is 55.3 Å². The number of halogens is 5. The monoisotopic (exact) mass is 563 g/mol. The zero-order chi connectivity index (χ0) is 27.7. The van der Waals surface area contributed by atoms with Crippen LogP contribution in [0.4, 0.5) is 22.0 Å². The maximum atomic E-state index is 14.5. The molecule has 1 saturated heterocycles. The number of benzene rings is 3. The lowest BCUT2D eigenvalue weighted by atomic mass is 10.1. The van der Waals surface area contributed by atoms with Crippen molar-refractivity contribution in [3.05, 3.63) is 95.7 Å². The SMILES string of the molecule is O=S(=O)(c1c(F)c(F)c(F)c(F)c1CF)N1CCCC(n2ccc(-c3ccc(Oc4ccccc4)cc3)n2)C1. The van der Waals surface area contributed by atoms with Crippen molar-refractivity contribution in [2.24, 2.45) is 0 Å². The number of ether oxygens (including phenoxy) is 1. The first-order chi connectivity index (χ1) is 18.7. The molecular weight excluding hydrogens is 541 g/mol. The Morgan fingerprint density at radius 3 is 2.23 bits per heavy atom. The van der Waals surface area contributed by atoms with E-state index in [1.165, 1.54) is 0 Å². The van der Waals surface area contributed by atoms with Crippen molar-refractivity contribution in [3.63, 3.8) is 0 Å². The normalized spacial score (nSPS) is 16.4. The van der Waals surface area contributed by atoms with Crippen LogP contribution in [-0.2, 0) is 16.7 Å². The first kappa shape index (κ1) is 26.8. The van der Waals surface area contributed by atoms with Gasteiger partial charge in [-0.25, -0.2) is 30.4 Å². The molecule has 6 nitrogen and oxygen atoms in total. The summed E-state index contributed by atoms with van der Waals surface area (Å²) in [6.07, 6.45) is 2.50. The zero-order valence-corrected chi connectivity index (χ0v) is 21.1. The summed E-state index contributed by atoms with van der Waals surface area (Å²) in [4.78, 5) is -1.53. The molecule has 1 fully saturated rings. The summed E-state index contributed by atoms with van der Waals surface area (Å²) in [5.41, 5.74) is 0.00522. The van der Waals surface area contributed by atoms with Gasteiger partial charge in [0.05, 0.1) is 11.7 Å². The van der Waals surface area contributed by atoms with E-state index in [1.807, 2.05) is 42.5 Å². The van der Waals surface area contributed by atoms with Gasteiger partial charge in [0.2, 0.25) is 10.0 Å². The van der Waals surface area contributed by atoms with Gasteiger partial charge in [0, 0.05) is 30.4 Å². The fourth-order valence-corrected chi connectivity index (χ4v) is 6.31. The van der Waals surface area contributed by atoms with Crippen molar-refractivity contribution in [3.8, 4) is 22.8 Å². The molecule has 1 atom stereocenters. The minimum Gasteiger partial charge on any atom is -0.457 e. The number of nitrogens with zero attached hydrogens (tertiary/aromatic N) is 3. The van der Waals surface area contributed by atoms with Gasteiger partial charge in [-0.2, -0.15) is 9.40 Å². The summed E-state index contributed by atoms with van der Waals surface area (Å²) >= 11 is 0. The molecule has 39 heavy (non-hydrogen) atoms. The van der Waals surface area contributed by atoms with Gasteiger partial charge in [0.15, 0.2) is 23.3 Å². The number of sulfonamides is 1. The minimum atomic E-state index is -4.90. The second-order valence-electron chi connectivity index (χ2n) is 8.98. The molecule has 5 rings (SSSR count). The van der Waals surface area contributed by atoms with Gasteiger partial charge in [-0.3, -0.25) is 4.68 Å². The maximum absolute atomic E-state index is 14.5. The summed E-state index contributed by atoms with van der Waals surface area (Å²) < 4.78 is 104. The lowest BCUT2D eigenvalue weighted by molar-refractivity contribution is 0.252. The Labute approximate surface area is 221 Å². The molecule has 1 unspecified atom stereocenters. The molecule has 0 amide bonds. The lowest BCUT2D eigenvalue weighted by Crippen LogP contribution is -2.41. The van der Waals surface area contributed by atoms with E-state index in [0.29, 0.717) is 30.0 Å². The minimum absolute atomic E-state index is 0.0956. The number of piperidine rings is 1. The third-order valence-corrected chi connectivity index (χ3v) is 8.47. The highest BCUT2D eigenvalue weighted by Crippen LogP contribution is 2.34. The van der Waals surface area contributed by atoms with Crippen LogP contribution in [-0.4, -0.2) is 35.6 Å². The Kier molecular flexibility index (Phi) is 7.41. The molecule has 0 N–H and O–H groups in total. The molecule has 0 saturated carbocycles. The molecule has 0 bridgehead atoms. The van der Waals surface area contributed by atoms with Crippen LogP contribution in [0.2, 0.25) is 0 Å². The third kappa shape index (κ3) is 5.13. The summed E-state index contributed by atoms with van der Waals surface area (Å²) in [7, 11) is -4.90. The molecule has 1 aliphatic heterocycles. The molecule has 0 aliphatic carbocycles. The fourth-order valence-electron chi connectivity index (χ4n) is 4.54. The number of rotatable bonds is 7. The highest BCUT2D eigenvalue weighted by molar-refractivity contribution is 7.89. The van der Waals surface area contributed by atoms with Crippen LogP contribution in [0.25, 0.3) is 11.3 Å². The van der Waals surface area contributed by atoms with E-state index in [0.717, 1.165) is 9.87 Å². The highest BCUT2D eigenvalue weighted by Gasteiger charge is 2.38. The van der Waals surface area contributed by atoms with Gasteiger partial charge in [0.1, 0.15) is 23.1 Å². The van der Waals surface area contributed by atoms with Gasteiger partial charge >= 0.3 is 0 Å². The second kappa shape index (κ2) is 10.8. The van der Waals surface area contributed by atoms with Crippen LogP contribution in [0.1, 0.15) is 24.4 Å². The van der Waals surface area contributed by atoms with Crippen molar-refractivity contribution >= 4 is 10.0 Å². The molecule has 1 aliphatic rings. The number of alkyl halides is 1. The van der Waals surface area contributed by atoms with E-state index in [9.17, 15) is 30.4 Å². The van der Waals surface area contributed by atoms with Crippen molar-refractivity contribution in [1.82, 2.24) is 14.1 Å². The Morgan fingerprint density at radius 1 is 0.872 bits per heavy atom. The van der Waals surface area contributed by atoms with Crippen LogP contribution in [0, 0.1) is 23.3 Å². The third-order valence-electron chi connectivity index (χ3n) is 6.52. The molecule has 1 aromatic heterocycles. The maximum Gasteiger partial charge on any atom is 0.246 e. The van der Waals surface area contributed by atoms with Crippen LogP contribution in [0.15, 0.2) is 71.8 Å². The number of para-hydroxylation sites is 1. The van der Waals surface area contributed by atoms with Gasteiger partial charge < -0.3 is 4.74 Å². The average molecular weight is 564 g/mol. The van der Waals surface area contributed by atoms with Gasteiger partial charge in [-0.1, -0.05) is 18.2 Å². The van der Waals surface area contributed by atoms with E-state index in [2.05, 4.69) is 5.10 Å². The molecule has 204 valence electrons. The predicted molar refractivity (Wildman–Crippen MR) is 132 cm³/mol. The molecule has 0 radical (unpaired) electrons. The molecule has 12 heteroatoms. The largest absolute Gasteiger partial charge is 0.457 e. The first-order valence-electron chi connectivity index (χ1n) is 12.0. The first-order valence-corrected chi connectivity index (χ1v) is 13.4. The van der Waals surface area contributed by atoms with Crippen LogP contribution in [0.3, 0.4) is 0 Å². The molecular formula is C27H22F5N3O3S. The Balaban J connectivity index is 1.36. The molecule has 3 aromatic carbocycles. The number of hydrogen-bond acceptors (Lipinski definition) is 4. The zero-order valence-electron chi connectivity index (χ0n) is 20.3. The Hall–Kier alpha value is -3.77. The number of hydrogen-bond donors (Lipinski definition) is 0. The molecule has 2 heterocycles. The van der Waals surface area contributed by atoms with Gasteiger partial charge in [-0.15, -0.1) is 0 Å². The number of aromatic nitrogens is 2. The van der Waals surface area contributed by atoms with E-state index in [4.69, 9.17) is 4.74 Å². The summed E-state index contributed by atoms with van der Waals surface area (Å²) in [6.45, 7) is -2.13. The van der Waals surface area contributed by atoms with Gasteiger partial charge in [0.25, 0.3) is 0 Å². The topological polar surface area (TPSA) is 64.4 Å². The molecule has 4 aromatic rings. The van der Waals surface area contributed by atoms with E-state index in [-0.39, 0.29) is 13.1 Å². The van der Waals surface area contributed by atoms with E-state index < -0.39 is 56.5 Å². The highest BCUT2D eigenvalue weighted by atomic mass is 32.2. The van der Waals surface area contributed by atoms with Crippen LogP contribution >= 0.6 is 0 Å². The summed E-state index contributed by atoms with van der Waals surface area (Å²) in [6, 6.07) is 17.7. The standard InChI is InChI=1S/C27H22F5N3O3S/c28-15-21-23(29)24(30)25(31)26(32)27(21)39(36,37)34-13-4-5-18(16-34)35-14-12-22(33-35)17-8-10-20(11-9-17)38-19-6-2-1-3-7-19/h1-3,6-12,14,18H,4-5,13,15-16H2. The van der Waals surface area contributed by atoms with E-state index in [1.54, 1.807) is 29.1 Å². The van der Waals surface area contributed by atoms with Crippen molar-refractivity contribution in [2.45, 2.75) is 30.5 Å². The lowest BCUT2D eigenvalue weighted by Gasteiger charge is -2.32. The Bertz CT molecular complexity index is 1600. The van der Waals surface area contributed by atoms with E-state index >= 15 is 0 Å². The van der Waals surface area contributed by atoms with Crippen LogP contribution in [0.5, 0.6) is 11.5 Å². The Morgan fingerprint density at radius 2 is 1.54 bits per heavy atom. The predicted octanol–water partition coefficient (Wildman–Crippen LogP) is 6.39. The van der Waals surface area contributed by atoms with Crippen molar-refractivity contribution in [2.75, 3.05) is 13.1 Å². The second-order valence-corrected chi connectivity index (χ2v) is 10.9. The van der Waals surface area contributed by atoms with Crippen molar-refractivity contribution in [1.29, 1.82) is 0 Å². The smallest absolute Gasteiger partial charge is 0.246 e. The average Bonchev–Trinajstić information content (AvgIpc) is 3.45. The molecule has 0 spiro atoms. The van der Waals surface area contributed by atoms with Crippen molar-refractivity contribution < 1.29 is 35.1 Å². The van der Waals surface area contributed by atoms with Crippen LogP contribution < -0.4 is 4.74 Å². The summed E-state index contributed by atoms with van der Waals surface area (Å²) in [5.74, 6) is -7.47. The quantitative estimate of drug-likeness (QED) is 0.148.